The van der Waals surface area contributed by atoms with Gasteiger partial charge < -0.3 is 15.5 Å². The Morgan fingerprint density at radius 3 is 2.84 bits per heavy atom. The van der Waals surface area contributed by atoms with Gasteiger partial charge in [-0.15, -0.1) is 0 Å². The van der Waals surface area contributed by atoms with E-state index in [1.54, 1.807) is 0 Å². The molecule has 1 fully saturated rings. The largest absolute Gasteiger partial charge is 0.417 e. The number of hydrogen-bond donors (Lipinski definition) is 2. The number of halogens is 4. The van der Waals surface area contributed by atoms with E-state index in [4.69, 9.17) is 23.8 Å². The van der Waals surface area contributed by atoms with E-state index in [2.05, 4.69) is 22.5 Å². The highest BCUT2D eigenvalue weighted by Gasteiger charge is 2.33. The Balaban J connectivity index is 1.75. The van der Waals surface area contributed by atoms with Gasteiger partial charge in [0.05, 0.1) is 10.6 Å². The predicted molar refractivity (Wildman–Crippen MR) is 100 cm³/mol. The van der Waals surface area contributed by atoms with Crippen LogP contribution in [0.25, 0.3) is 0 Å². The van der Waals surface area contributed by atoms with E-state index in [0.29, 0.717) is 11.7 Å². The van der Waals surface area contributed by atoms with Gasteiger partial charge in [-0.25, -0.2) is 0 Å². The first-order valence-electron chi connectivity index (χ1n) is 8.39. The molecule has 0 unspecified atom stereocenters. The summed E-state index contributed by atoms with van der Waals surface area (Å²) >= 11 is 10.7. The summed E-state index contributed by atoms with van der Waals surface area (Å²) < 4.78 is 38.6. The number of piperidine rings is 1. The molecule has 2 rings (SSSR count). The van der Waals surface area contributed by atoms with Gasteiger partial charge in [-0.2, -0.15) is 13.2 Å². The molecule has 0 aromatic heterocycles. The monoisotopic (exact) mass is 393 g/mol. The Kier molecular flexibility index (Phi) is 7.34. The zero-order valence-electron chi connectivity index (χ0n) is 14.1. The average Bonchev–Trinajstić information content (AvgIpc) is 2.52. The van der Waals surface area contributed by atoms with Crippen molar-refractivity contribution in [1.82, 2.24) is 10.2 Å². The van der Waals surface area contributed by atoms with E-state index in [1.807, 2.05) is 0 Å². The van der Waals surface area contributed by atoms with Gasteiger partial charge >= 0.3 is 6.18 Å². The zero-order valence-corrected chi connectivity index (χ0v) is 15.7. The van der Waals surface area contributed by atoms with Crippen molar-refractivity contribution in [3.63, 3.8) is 0 Å². The predicted octanol–water partition coefficient (Wildman–Crippen LogP) is 4.77. The van der Waals surface area contributed by atoms with Crippen LogP contribution < -0.4 is 10.6 Å². The molecule has 1 aliphatic rings. The second-order valence-corrected chi connectivity index (χ2v) is 7.29. The highest BCUT2D eigenvalue weighted by Crippen LogP contribution is 2.36. The van der Waals surface area contributed by atoms with E-state index in [1.165, 1.54) is 25.0 Å². The van der Waals surface area contributed by atoms with E-state index in [-0.39, 0.29) is 10.7 Å². The highest BCUT2D eigenvalue weighted by atomic mass is 35.5. The lowest BCUT2D eigenvalue weighted by Gasteiger charge is -2.30. The van der Waals surface area contributed by atoms with Gasteiger partial charge in [0.1, 0.15) is 0 Å². The Bertz CT molecular complexity index is 595. The fourth-order valence-corrected chi connectivity index (χ4v) is 3.43. The second-order valence-electron chi connectivity index (χ2n) is 6.47. The zero-order chi connectivity index (χ0) is 18.4. The molecule has 1 heterocycles. The smallest absolute Gasteiger partial charge is 0.362 e. The topological polar surface area (TPSA) is 27.3 Å². The van der Waals surface area contributed by atoms with Crippen molar-refractivity contribution < 1.29 is 13.2 Å². The summed E-state index contributed by atoms with van der Waals surface area (Å²) in [5, 5.41) is 5.79. The molecule has 1 aromatic carbocycles. The number of likely N-dealkylation sites (tertiary alicyclic amines) is 1. The fourth-order valence-electron chi connectivity index (χ4n) is 2.99. The van der Waals surface area contributed by atoms with Crippen molar-refractivity contribution in [2.75, 3.05) is 31.5 Å². The lowest BCUT2D eigenvalue weighted by atomic mass is 10.0. The minimum Gasteiger partial charge on any atom is -0.362 e. The summed E-state index contributed by atoms with van der Waals surface area (Å²) in [6.45, 7) is 6.21. The van der Waals surface area contributed by atoms with Crippen LogP contribution >= 0.6 is 23.8 Å². The van der Waals surface area contributed by atoms with Crippen LogP contribution in [0.1, 0.15) is 31.7 Å². The van der Waals surface area contributed by atoms with Crippen LogP contribution in [0.2, 0.25) is 5.02 Å². The van der Waals surface area contributed by atoms with E-state index in [0.717, 1.165) is 38.0 Å². The molecule has 140 valence electrons. The average molecular weight is 394 g/mol. The molecule has 3 nitrogen and oxygen atoms in total. The molecule has 2 N–H and O–H groups in total. The molecule has 0 saturated carbocycles. The first-order valence-corrected chi connectivity index (χ1v) is 9.18. The molecule has 25 heavy (non-hydrogen) atoms. The second kappa shape index (κ2) is 9.05. The van der Waals surface area contributed by atoms with Crippen molar-refractivity contribution >= 4 is 34.6 Å². The number of benzene rings is 1. The number of rotatable bonds is 5. The molecule has 0 bridgehead atoms. The van der Waals surface area contributed by atoms with Crippen molar-refractivity contribution in [3.8, 4) is 0 Å². The number of hydrogen-bond acceptors (Lipinski definition) is 2. The number of nitrogens with zero attached hydrogens (tertiary/aromatic N) is 1. The van der Waals surface area contributed by atoms with Crippen LogP contribution in [0.15, 0.2) is 18.2 Å². The molecule has 1 saturated heterocycles. The maximum absolute atomic E-state index is 12.9. The fraction of sp³-hybridized carbons (Fsp3) is 0.588. The number of thiocarbonyl (C=S) groups is 1. The van der Waals surface area contributed by atoms with Crippen molar-refractivity contribution in [3.05, 3.63) is 28.8 Å². The van der Waals surface area contributed by atoms with Crippen molar-refractivity contribution in [2.45, 2.75) is 32.4 Å². The number of anilines is 1. The highest BCUT2D eigenvalue weighted by molar-refractivity contribution is 7.80. The summed E-state index contributed by atoms with van der Waals surface area (Å²) in [5.74, 6) is 0.747. The molecule has 1 aromatic rings. The Labute approximate surface area is 156 Å². The van der Waals surface area contributed by atoms with Crippen LogP contribution in [-0.4, -0.2) is 36.2 Å². The molecular formula is C17H23ClF3N3S. The van der Waals surface area contributed by atoms with Gasteiger partial charge in [-0.1, -0.05) is 18.5 Å². The molecule has 1 aliphatic heterocycles. The molecule has 8 heteroatoms. The summed E-state index contributed by atoms with van der Waals surface area (Å²) in [6, 6.07) is 3.65. The molecule has 0 radical (unpaired) electrons. The molecule has 0 spiro atoms. The lowest BCUT2D eigenvalue weighted by molar-refractivity contribution is -0.137. The van der Waals surface area contributed by atoms with Gasteiger partial charge in [0.15, 0.2) is 5.11 Å². The minimum atomic E-state index is -4.49. The van der Waals surface area contributed by atoms with Crippen LogP contribution in [0, 0.1) is 5.92 Å². The van der Waals surface area contributed by atoms with Crippen molar-refractivity contribution in [1.29, 1.82) is 0 Å². The van der Waals surface area contributed by atoms with Crippen LogP contribution in [-0.2, 0) is 6.18 Å². The summed E-state index contributed by atoms with van der Waals surface area (Å²) in [7, 11) is 0. The van der Waals surface area contributed by atoms with Gasteiger partial charge in [0.25, 0.3) is 0 Å². The Morgan fingerprint density at radius 2 is 2.16 bits per heavy atom. The maximum Gasteiger partial charge on any atom is 0.417 e. The van der Waals surface area contributed by atoms with Gasteiger partial charge in [-0.05, 0) is 68.7 Å². The van der Waals surface area contributed by atoms with Gasteiger partial charge in [0, 0.05) is 18.8 Å². The normalized spacial score (nSPS) is 18.8. The first-order chi connectivity index (χ1) is 11.8. The number of alkyl halides is 3. The Hall–Kier alpha value is -1.05. The number of nitrogens with one attached hydrogen (secondary N) is 2. The van der Waals surface area contributed by atoms with Gasteiger partial charge in [-0.3, -0.25) is 0 Å². The molecule has 0 aliphatic carbocycles. The third kappa shape index (κ3) is 6.64. The lowest BCUT2D eigenvalue weighted by Crippen LogP contribution is -2.37. The quantitative estimate of drug-likeness (QED) is 0.556. The molecule has 1 atom stereocenters. The summed E-state index contributed by atoms with van der Waals surface area (Å²) in [6.07, 6.45) is -1.02. The van der Waals surface area contributed by atoms with Crippen LogP contribution in [0.5, 0.6) is 0 Å². The SMILES string of the molecule is C[C@@H]1CCCN(CCCNC(=S)Nc2ccc(Cl)c(C(F)(F)F)c2)C1. The van der Waals surface area contributed by atoms with E-state index >= 15 is 0 Å². The third-order valence-electron chi connectivity index (χ3n) is 4.21. The molecule has 0 amide bonds. The van der Waals surface area contributed by atoms with Gasteiger partial charge in [0.2, 0.25) is 0 Å². The first kappa shape index (κ1) is 20.3. The minimum absolute atomic E-state index is 0.263. The maximum atomic E-state index is 12.9. The van der Waals surface area contributed by atoms with Crippen LogP contribution in [0.3, 0.4) is 0 Å². The van der Waals surface area contributed by atoms with Crippen molar-refractivity contribution in [2.24, 2.45) is 5.92 Å². The molecular weight excluding hydrogens is 371 g/mol. The summed E-state index contributed by atoms with van der Waals surface area (Å²) in [4.78, 5) is 2.45. The van der Waals surface area contributed by atoms with Crippen LogP contribution in [0.4, 0.5) is 18.9 Å². The Morgan fingerprint density at radius 1 is 1.40 bits per heavy atom. The third-order valence-corrected chi connectivity index (χ3v) is 4.78. The summed E-state index contributed by atoms with van der Waals surface area (Å²) in [5.41, 5.74) is -0.611. The van der Waals surface area contributed by atoms with E-state index < -0.39 is 11.7 Å². The standard InChI is InChI=1S/C17H23ClF3N3S/c1-12-4-2-8-24(11-12)9-3-7-22-16(25)23-13-5-6-15(18)14(10-13)17(19,20)21/h5-6,10,12H,2-4,7-9,11H2,1H3,(H2,22,23,25)/t12-/m1/s1. The van der Waals surface area contributed by atoms with E-state index in [9.17, 15) is 13.2 Å².